The first-order valence-corrected chi connectivity index (χ1v) is 6.72. The lowest BCUT2D eigenvalue weighted by Crippen LogP contribution is -1.86. The van der Waals surface area contributed by atoms with Crippen LogP contribution in [-0.2, 0) is 0 Å². The van der Waals surface area contributed by atoms with Crippen molar-refractivity contribution in [1.82, 2.24) is 4.98 Å². The summed E-state index contributed by atoms with van der Waals surface area (Å²) in [4.78, 5) is 5.34. The van der Waals surface area contributed by atoms with Gasteiger partial charge in [-0.2, -0.15) is 5.26 Å². The molecule has 0 atom stereocenters. The molecule has 1 aromatic heterocycles. The minimum absolute atomic E-state index is 0.214. The third kappa shape index (κ3) is 2.83. The van der Waals surface area contributed by atoms with Crippen LogP contribution in [0.2, 0.25) is 5.02 Å². The number of benzene rings is 1. The molecule has 2 rings (SSSR count). The van der Waals surface area contributed by atoms with Gasteiger partial charge in [-0.05, 0) is 32.1 Å². The Bertz CT molecular complexity index is 658. The first-order chi connectivity index (χ1) is 9.02. The molecule has 0 saturated carbocycles. The maximum Gasteiger partial charge on any atom is 0.134 e. The minimum atomic E-state index is -0.453. The van der Waals surface area contributed by atoms with Gasteiger partial charge in [-0.15, -0.1) is 11.3 Å². The highest BCUT2D eigenvalue weighted by atomic mass is 35.5. The number of hydrogen-bond donors (Lipinski definition) is 0. The third-order valence-electron chi connectivity index (χ3n) is 2.67. The first kappa shape index (κ1) is 13.7. The number of thiazole rings is 1. The van der Waals surface area contributed by atoms with Gasteiger partial charge in [-0.25, -0.2) is 9.37 Å². The van der Waals surface area contributed by atoms with Gasteiger partial charge in [0.15, 0.2) is 0 Å². The molecule has 2 nitrogen and oxygen atoms in total. The summed E-state index contributed by atoms with van der Waals surface area (Å²) in [6.07, 6.45) is 1.44. The van der Waals surface area contributed by atoms with Crippen LogP contribution in [0.5, 0.6) is 0 Å². The van der Waals surface area contributed by atoms with E-state index in [1.54, 1.807) is 6.07 Å². The summed E-state index contributed by atoms with van der Waals surface area (Å²) in [5, 5.41) is 10.1. The van der Waals surface area contributed by atoms with Gasteiger partial charge in [0.2, 0.25) is 0 Å². The van der Waals surface area contributed by atoms with Crippen molar-refractivity contribution in [3.05, 3.63) is 50.2 Å². The molecule has 1 aromatic carbocycles. The largest absolute Gasteiger partial charge is 0.240 e. The molecule has 2 aromatic rings. The topological polar surface area (TPSA) is 36.7 Å². The number of rotatable bonds is 2. The Kier molecular flexibility index (Phi) is 3.98. The smallest absolute Gasteiger partial charge is 0.134 e. The van der Waals surface area contributed by atoms with E-state index in [0.29, 0.717) is 10.6 Å². The number of aromatic nitrogens is 1. The fraction of sp³-hybridized carbons (Fsp3) is 0.143. The molecule has 0 fully saturated rings. The van der Waals surface area contributed by atoms with Crippen molar-refractivity contribution in [3.63, 3.8) is 0 Å². The SMILES string of the molecule is Cc1nc(/C(C#N)=C/c2c(F)cccc2Cl)sc1C. The highest BCUT2D eigenvalue weighted by Crippen LogP contribution is 2.28. The summed E-state index contributed by atoms with van der Waals surface area (Å²) in [6, 6.07) is 6.47. The molecule has 0 bridgehead atoms. The molecule has 1 heterocycles. The lowest BCUT2D eigenvalue weighted by atomic mass is 10.1. The summed E-state index contributed by atoms with van der Waals surface area (Å²) >= 11 is 7.35. The van der Waals surface area contributed by atoms with Gasteiger partial charge in [-0.3, -0.25) is 0 Å². The monoisotopic (exact) mass is 292 g/mol. The Balaban J connectivity index is 2.54. The van der Waals surface area contributed by atoms with Crippen LogP contribution in [0.4, 0.5) is 4.39 Å². The second-order valence-corrected chi connectivity index (χ2v) is 5.58. The fourth-order valence-corrected chi connectivity index (χ4v) is 2.62. The zero-order chi connectivity index (χ0) is 14.0. The standard InChI is InChI=1S/C14H10ClFN2S/c1-8-9(2)19-14(18-8)10(7-17)6-11-12(15)4-3-5-13(11)16/h3-6H,1-2H3/b10-6+. The average Bonchev–Trinajstić information content (AvgIpc) is 2.69. The van der Waals surface area contributed by atoms with E-state index in [2.05, 4.69) is 4.98 Å². The molecular weight excluding hydrogens is 283 g/mol. The van der Waals surface area contributed by atoms with Gasteiger partial charge in [-0.1, -0.05) is 17.7 Å². The van der Waals surface area contributed by atoms with E-state index < -0.39 is 5.82 Å². The summed E-state index contributed by atoms with van der Waals surface area (Å²) in [7, 11) is 0. The molecule has 0 aliphatic carbocycles. The van der Waals surface area contributed by atoms with E-state index in [1.807, 2.05) is 19.9 Å². The number of allylic oxidation sites excluding steroid dienone is 1. The Morgan fingerprint density at radius 2 is 2.21 bits per heavy atom. The molecule has 96 valence electrons. The molecule has 0 unspecified atom stereocenters. The third-order valence-corrected chi connectivity index (χ3v) is 4.10. The number of nitriles is 1. The summed E-state index contributed by atoms with van der Waals surface area (Å²) in [5.41, 5.74) is 1.40. The first-order valence-electron chi connectivity index (χ1n) is 5.53. The maximum absolute atomic E-state index is 13.7. The van der Waals surface area contributed by atoms with Crippen molar-refractivity contribution in [2.45, 2.75) is 13.8 Å². The number of halogens is 2. The molecule has 0 aliphatic rings. The van der Waals surface area contributed by atoms with Crippen LogP contribution >= 0.6 is 22.9 Å². The molecule has 0 saturated heterocycles. The Hall–Kier alpha value is -1.70. The van der Waals surface area contributed by atoms with Crippen molar-refractivity contribution in [2.75, 3.05) is 0 Å². The molecule has 0 radical (unpaired) electrons. The van der Waals surface area contributed by atoms with Crippen molar-refractivity contribution >= 4 is 34.6 Å². The van der Waals surface area contributed by atoms with Gasteiger partial charge in [0, 0.05) is 10.4 Å². The quantitative estimate of drug-likeness (QED) is 0.758. The van der Waals surface area contributed by atoms with Crippen molar-refractivity contribution in [3.8, 4) is 6.07 Å². The van der Waals surface area contributed by atoms with Gasteiger partial charge in [0.05, 0.1) is 16.3 Å². The Labute approximate surface area is 119 Å². The van der Waals surface area contributed by atoms with E-state index in [1.165, 1.54) is 29.5 Å². The van der Waals surface area contributed by atoms with E-state index >= 15 is 0 Å². The lowest BCUT2D eigenvalue weighted by Gasteiger charge is -2.00. The highest BCUT2D eigenvalue weighted by molar-refractivity contribution is 7.12. The Morgan fingerprint density at radius 3 is 2.74 bits per heavy atom. The van der Waals surface area contributed by atoms with Crippen molar-refractivity contribution in [1.29, 1.82) is 5.26 Å². The molecule has 0 aliphatic heterocycles. The normalized spacial score (nSPS) is 11.4. The zero-order valence-electron chi connectivity index (χ0n) is 10.4. The van der Waals surface area contributed by atoms with Gasteiger partial charge < -0.3 is 0 Å². The predicted octanol–water partition coefficient (Wildman–Crippen LogP) is 4.62. The van der Waals surface area contributed by atoms with Gasteiger partial charge in [0.1, 0.15) is 16.9 Å². The minimum Gasteiger partial charge on any atom is -0.240 e. The molecular formula is C14H10ClFN2S. The Morgan fingerprint density at radius 1 is 1.47 bits per heavy atom. The average molecular weight is 293 g/mol. The molecule has 19 heavy (non-hydrogen) atoms. The second kappa shape index (κ2) is 5.52. The van der Waals surface area contributed by atoms with Crippen LogP contribution in [0, 0.1) is 31.0 Å². The van der Waals surface area contributed by atoms with E-state index in [0.717, 1.165) is 10.6 Å². The molecule has 0 amide bonds. The maximum atomic E-state index is 13.7. The van der Waals surface area contributed by atoms with Gasteiger partial charge in [0.25, 0.3) is 0 Å². The van der Waals surface area contributed by atoms with Crippen molar-refractivity contribution in [2.24, 2.45) is 0 Å². The van der Waals surface area contributed by atoms with Crippen LogP contribution in [0.25, 0.3) is 11.6 Å². The molecule has 0 N–H and O–H groups in total. The fourth-order valence-electron chi connectivity index (χ4n) is 1.52. The predicted molar refractivity (Wildman–Crippen MR) is 76.5 cm³/mol. The molecule has 0 spiro atoms. The number of hydrogen-bond acceptors (Lipinski definition) is 3. The van der Waals surface area contributed by atoms with Gasteiger partial charge >= 0.3 is 0 Å². The summed E-state index contributed by atoms with van der Waals surface area (Å²) in [6.45, 7) is 3.81. The lowest BCUT2D eigenvalue weighted by molar-refractivity contribution is 0.625. The van der Waals surface area contributed by atoms with Crippen LogP contribution < -0.4 is 0 Å². The summed E-state index contributed by atoms with van der Waals surface area (Å²) in [5.74, 6) is -0.453. The summed E-state index contributed by atoms with van der Waals surface area (Å²) < 4.78 is 13.7. The van der Waals surface area contributed by atoms with E-state index in [9.17, 15) is 9.65 Å². The van der Waals surface area contributed by atoms with Crippen LogP contribution in [0.1, 0.15) is 21.1 Å². The van der Waals surface area contributed by atoms with Crippen LogP contribution in [0.15, 0.2) is 18.2 Å². The second-order valence-electron chi connectivity index (χ2n) is 3.97. The van der Waals surface area contributed by atoms with Crippen LogP contribution in [0.3, 0.4) is 0 Å². The highest BCUT2D eigenvalue weighted by Gasteiger charge is 2.11. The number of nitrogens with zero attached hydrogens (tertiary/aromatic N) is 2. The molecule has 5 heteroatoms. The van der Waals surface area contributed by atoms with E-state index in [4.69, 9.17) is 11.6 Å². The van der Waals surface area contributed by atoms with Crippen molar-refractivity contribution < 1.29 is 4.39 Å². The zero-order valence-corrected chi connectivity index (χ0v) is 11.9. The number of aryl methyl sites for hydroxylation is 2. The van der Waals surface area contributed by atoms with Crippen LogP contribution in [-0.4, -0.2) is 4.98 Å². The van der Waals surface area contributed by atoms with E-state index in [-0.39, 0.29) is 10.6 Å².